The van der Waals surface area contributed by atoms with Gasteiger partial charge in [0.05, 0.1) is 0 Å². The predicted molar refractivity (Wildman–Crippen MR) is 58.0 cm³/mol. The monoisotopic (exact) mass is 179 g/mol. The van der Waals surface area contributed by atoms with Crippen LogP contribution in [0.25, 0.3) is 0 Å². The first-order valence-corrected chi connectivity index (χ1v) is 4.07. The Morgan fingerprint density at radius 1 is 1.23 bits per heavy atom. The lowest BCUT2D eigenvalue weighted by molar-refractivity contribution is 0.824. The summed E-state index contributed by atoms with van der Waals surface area (Å²) in [6, 6.07) is 8.41. The number of anilines is 1. The Morgan fingerprint density at radius 3 is 2.08 bits per heavy atom. The molecule has 0 atom stereocenters. The molecule has 0 aliphatic heterocycles. The first-order chi connectivity index (χ1) is 5.61. The van der Waals surface area contributed by atoms with Gasteiger partial charge >= 0.3 is 0 Å². The molecule has 0 aromatic heterocycles. The average Bonchev–Trinajstić information content (AvgIpc) is 2.04. The van der Waals surface area contributed by atoms with Crippen molar-refractivity contribution in [1.82, 2.24) is 0 Å². The highest BCUT2D eigenvalue weighted by molar-refractivity contribution is 5.50. The summed E-state index contributed by atoms with van der Waals surface area (Å²) in [5.41, 5.74) is 3.53. The maximum absolute atomic E-state index is 3.88. The van der Waals surface area contributed by atoms with Gasteiger partial charge in [-0.3, -0.25) is 0 Å². The Balaban J connectivity index is 0.00000144. The molecule has 0 amide bonds. The number of hydrogen-bond donors (Lipinski definition) is 0. The number of nitrogens with zero attached hydrogens (tertiary/aromatic N) is 1. The zero-order valence-corrected chi connectivity index (χ0v) is 8.46. The Labute approximate surface area is 79.8 Å². The number of allylic oxidation sites excluding steroid dienone is 1. The van der Waals surface area contributed by atoms with Crippen molar-refractivity contribution in [2.24, 2.45) is 0 Å². The van der Waals surface area contributed by atoms with Gasteiger partial charge in [0.1, 0.15) is 0 Å². The molecule has 1 aromatic carbocycles. The van der Waals surface area contributed by atoms with Gasteiger partial charge in [0, 0.05) is 18.4 Å². The molecule has 0 aliphatic rings. The van der Waals surface area contributed by atoms with Crippen molar-refractivity contribution in [2.45, 2.75) is 13.8 Å². The molecule has 1 rings (SSSR count). The van der Waals surface area contributed by atoms with E-state index in [2.05, 4.69) is 42.7 Å². The molecular formula is C11H17NO. The van der Waals surface area contributed by atoms with Crippen molar-refractivity contribution < 1.29 is 5.48 Å². The van der Waals surface area contributed by atoms with Crippen LogP contribution >= 0.6 is 0 Å². The standard InChI is InChI=1S/C11H15N.H2O/c1-9(2)12(4)11-7-5-10(3)6-8-11;/h5-8H,1H2,2-4H3;1H2. The van der Waals surface area contributed by atoms with Crippen LogP contribution in [0.3, 0.4) is 0 Å². The number of benzene rings is 1. The summed E-state index contributed by atoms with van der Waals surface area (Å²) < 4.78 is 0. The SMILES string of the molecule is C=C(C)N(C)c1ccc(C)cc1.O. The van der Waals surface area contributed by atoms with Gasteiger partial charge in [-0.15, -0.1) is 0 Å². The molecule has 0 fully saturated rings. The van der Waals surface area contributed by atoms with Gasteiger partial charge < -0.3 is 10.4 Å². The van der Waals surface area contributed by atoms with Crippen LogP contribution < -0.4 is 4.90 Å². The number of rotatable bonds is 2. The Bertz CT molecular complexity index is 277. The van der Waals surface area contributed by atoms with Crippen molar-refractivity contribution in [3.8, 4) is 0 Å². The van der Waals surface area contributed by atoms with Crippen LogP contribution in [0.2, 0.25) is 0 Å². The summed E-state index contributed by atoms with van der Waals surface area (Å²) in [6.07, 6.45) is 0. The van der Waals surface area contributed by atoms with E-state index >= 15 is 0 Å². The minimum Gasteiger partial charge on any atom is -0.412 e. The molecule has 0 saturated heterocycles. The maximum Gasteiger partial charge on any atom is 0.0405 e. The summed E-state index contributed by atoms with van der Waals surface area (Å²) in [6.45, 7) is 7.97. The van der Waals surface area contributed by atoms with E-state index in [4.69, 9.17) is 0 Å². The van der Waals surface area contributed by atoms with Gasteiger partial charge in [0.15, 0.2) is 0 Å². The molecule has 0 radical (unpaired) electrons. The molecule has 0 spiro atoms. The first-order valence-electron chi connectivity index (χ1n) is 4.07. The van der Waals surface area contributed by atoms with Crippen LogP contribution in [0.1, 0.15) is 12.5 Å². The minimum atomic E-state index is 0. The highest BCUT2D eigenvalue weighted by atomic mass is 16.0. The molecule has 0 aliphatic carbocycles. The summed E-state index contributed by atoms with van der Waals surface area (Å²) >= 11 is 0. The molecule has 13 heavy (non-hydrogen) atoms. The summed E-state index contributed by atoms with van der Waals surface area (Å²) in [7, 11) is 2.02. The lowest BCUT2D eigenvalue weighted by atomic mass is 10.2. The zero-order valence-electron chi connectivity index (χ0n) is 8.46. The van der Waals surface area contributed by atoms with Crippen molar-refractivity contribution >= 4 is 5.69 Å². The topological polar surface area (TPSA) is 34.7 Å². The van der Waals surface area contributed by atoms with E-state index in [9.17, 15) is 0 Å². The normalized spacial score (nSPS) is 8.85. The largest absolute Gasteiger partial charge is 0.412 e. The quantitative estimate of drug-likeness (QED) is 0.685. The zero-order chi connectivity index (χ0) is 9.14. The minimum absolute atomic E-state index is 0. The van der Waals surface area contributed by atoms with E-state index in [-0.39, 0.29) is 5.48 Å². The van der Waals surface area contributed by atoms with Crippen molar-refractivity contribution in [3.05, 3.63) is 42.1 Å². The van der Waals surface area contributed by atoms with Crippen LogP contribution in [0.4, 0.5) is 5.69 Å². The predicted octanol–water partition coefficient (Wildman–Crippen LogP) is 2.14. The van der Waals surface area contributed by atoms with Gasteiger partial charge in [0.25, 0.3) is 0 Å². The fourth-order valence-electron chi connectivity index (χ4n) is 0.989. The highest BCUT2D eigenvalue weighted by Gasteiger charge is 1.98. The second kappa shape index (κ2) is 4.67. The third-order valence-corrected chi connectivity index (χ3v) is 1.99. The molecule has 2 N–H and O–H groups in total. The van der Waals surface area contributed by atoms with E-state index in [1.165, 1.54) is 11.3 Å². The lowest BCUT2D eigenvalue weighted by Crippen LogP contribution is -2.12. The van der Waals surface area contributed by atoms with Gasteiger partial charge in [0.2, 0.25) is 0 Å². The van der Waals surface area contributed by atoms with Gasteiger partial charge in [-0.05, 0) is 26.0 Å². The third kappa shape index (κ3) is 2.92. The molecule has 0 bridgehead atoms. The average molecular weight is 179 g/mol. The number of aryl methyl sites for hydroxylation is 1. The van der Waals surface area contributed by atoms with Crippen LogP contribution in [-0.2, 0) is 0 Å². The molecule has 0 saturated carbocycles. The van der Waals surface area contributed by atoms with Crippen molar-refractivity contribution in [2.75, 3.05) is 11.9 Å². The fourth-order valence-corrected chi connectivity index (χ4v) is 0.989. The van der Waals surface area contributed by atoms with E-state index in [1.54, 1.807) is 0 Å². The second-order valence-corrected chi connectivity index (χ2v) is 3.13. The Hall–Kier alpha value is -1.28. The third-order valence-electron chi connectivity index (χ3n) is 1.99. The van der Waals surface area contributed by atoms with Crippen LogP contribution in [-0.4, -0.2) is 12.5 Å². The van der Waals surface area contributed by atoms with Crippen LogP contribution in [0.5, 0.6) is 0 Å². The summed E-state index contributed by atoms with van der Waals surface area (Å²) in [4.78, 5) is 2.07. The lowest BCUT2D eigenvalue weighted by Gasteiger charge is -2.18. The van der Waals surface area contributed by atoms with E-state index in [0.29, 0.717) is 0 Å². The summed E-state index contributed by atoms with van der Waals surface area (Å²) in [5.74, 6) is 0. The molecule has 0 unspecified atom stereocenters. The fraction of sp³-hybridized carbons (Fsp3) is 0.273. The van der Waals surface area contributed by atoms with Crippen molar-refractivity contribution in [1.29, 1.82) is 0 Å². The number of hydrogen-bond acceptors (Lipinski definition) is 1. The molecule has 2 heteroatoms. The Kier molecular flexibility index (Phi) is 4.21. The molecular weight excluding hydrogens is 162 g/mol. The smallest absolute Gasteiger partial charge is 0.0405 e. The molecule has 0 heterocycles. The summed E-state index contributed by atoms with van der Waals surface area (Å²) in [5, 5.41) is 0. The first kappa shape index (κ1) is 11.7. The van der Waals surface area contributed by atoms with Crippen LogP contribution in [0, 0.1) is 6.92 Å². The van der Waals surface area contributed by atoms with Crippen LogP contribution in [0.15, 0.2) is 36.5 Å². The second-order valence-electron chi connectivity index (χ2n) is 3.13. The van der Waals surface area contributed by atoms with E-state index < -0.39 is 0 Å². The molecule has 1 aromatic rings. The molecule has 72 valence electrons. The van der Waals surface area contributed by atoms with Gasteiger partial charge in [-0.1, -0.05) is 24.3 Å². The van der Waals surface area contributed by atoms with E-state index in [1.807, 2.05) is 14.0 Å². The highest BCUT2D eigenvalue weighted by Crippen LogP contribution is 2.16. The van der Waals surface area contributed by atoms with E-state index in [0.717, 1.165) is 5.70 Å². The van der Waals surface area contributed by atoms with Crippen molar-refractivity contribution in [3.63, 3.8) is 0 Å². The Morgan fingerprint density at radius 2 is 1.69 bits per heavy atom. The van der Waals surface area contributed by atoms with Gasteiger partial charge in [-0.2, -0.15) is 0 Å². The maximum atomic E-state index is 3.88. The molecule has 2 nitrogen and oxygen atoms in total. The van der Waals surface area contributed by atoms with Gasteiger partial charge in [-0.25, -0.2) is 0 Å².